The van der Waals surface area contributed by atoms with E-state index in [1.807, 2.05) is 31.3 Å². The van der Waals surface area contributed by atoms with Gasteiger partial charge >= 0.3 is 0 Å². The summed E-state index contributed by atoms with van der Waals surface area (Å²) in [5.74, 6) is 0.780. The average Bonchev–Trinajstić information content (AvgIpc) is 2.48. The molecule has 0 aliphatic rings. The normalized spacial score (nSPS) is 14.1. The third-order valence-electron chi connectivity index (χ3n) is 3.66. The molecule has 0 saturated heterocycles. The first-order chi connectivity index (χ1) is 9.19. The van der Waals surface area contributed by atoms with Crippen molar-refractivity contribution in [2.45, 2.75) is 38.3 Å². The molecule has 1 rings (SSSR count). The van der Waals surface area contributed by atoms with Crippen molar-refractivity contribution < 1.29 is 14.9 Å². The molecule has 0 saturated carbocycles. The first kappa shape index (κ1) is 16.0. The van der Waals surface area contributed by atoms with Crippen LogP contribution in [0.1, 0.15) is 31.7 Å². The molecule has 4 nitrogen and oxygen atoms in total. The van der Waals surface area contributed by atoms with Crippen LogP contribution in [0, 0.1) is 0 Å². The lowest BCUT2D eigenvalue weighted by molar-refractivity contribution is 0.145. The molecule has 1 atom stereocenters. The number of ether oxygens (including phenoxy) is 1. The van der Waals surface area contributed by atoms with Gasteiger partial charge < -0.3 is 20.3 Å². The minimum atomic E-state index is -0.198. The number of benzene rings is 1. The molecule has 0 aromatic heterocycles. The summed E-state index contributed by atoms with van der Waals surface area (Å²) in [5, 5.41) is 21.7. The Hall–Kier alpha value is -1.10. The van der Waals surface area contributed by atoms with Gasteiger partial charge in [0.25, 0.3) is 0 Å². The van der Waals surface area contributed by atoms with Crippen LogP contribution in [0.2, 0.25) is 0 Å². The van der Waals surface area contributed by atoms with E-state index in [9.17, 15) is 5.11 Å². The van der Waals surface area contributed by atoms with Crippen molar-refractivity contribution in [3.8, 4) is 5.75 Å². The van der Waals surface area contributed by atoms with Gasteiger partial charge in [-0.25, -0.2) is 0 Å². The Kier molecular flexibility index (Phi) is 6.84. The van der Waals surface area contributed by atoms with Crippen LogP contribution in [0.4, 0.5) is 0 Å². The molecule has 108 valence electrons. The first-order valence-corrected chi connectivity index (χ1v) is 6.82. The predicted octanol–water partition coefficient (Wildman–Crippen LogP) is 1.70. The van der Waals surface area contributed by atoms with Crippen molar-refractivity contribution >= 4 is 0 Å². The van der Waals surface area contributed by atoms with Crippen LogP contribution in [-0.2, 0) is 6.61 Å². The second kappa shape index (κ2) is 8.15. The summed E-state index contributed by atoms with van der Waals surface area (Å²) in [4.78, 5) is 0. The lowest BCUT2D eigenvalue weighted by atomic mass is 9.92. The molecule has 3 N–H and O–H groups in total. The molecule has 1 unspecified atom stereocenters. The third kappa shape index (κ3) is 4.82. The highest BCUT2D eigenvalue weighted by atomic mass is 16.5. The lowest BCUT2D eigenvalue weighted by Gasteiger charge is -2.30. The van der Waals surface area contributed by atoms with Crippen LogP contribution in [0.3, 0.4) is 0 Å². The number of rotatable bonds is 9. The average molecular weight is 267 g/mol. The minimum Gasteiger partial charge on any atom is -0.494 e. The molecule has 0 bridgehead atoms. The number of likely N-dealkylation sites (N-methyl/N-ethyl adjacent to an activating group) is 1. The van der Waals surface area contributed by atoms with Crippen LogP contribution >= 0.6 is 0 Å². The highest BCUT2D eigenvalue weighted by molar-refractivity contribution is 5.27. The molecule has 19 heavy (non-hydrogen) atoms. The highest BCUT2D eigenvalue weighted by Gasteiger charge is 2.24. The number of aliphatic hydroxyl groups is 2. The van der Waals surface area contributed by atoms with Gasteiger partial charge in [0.15, 0.2) is 0 Å². The Morgan fingerprint density at radius 1 is 1.32 bits per heavy atom. The van der Waals surface area contributed by atoms with Crippen LogP contribution in [0.25, 0.3) is 0 Å². The van der Waals surface area contributed by atoms with Gasteiger partial charge in [0, 0.05) is 5.54 Å². The summed E-state index contributed by atoms with van der Waals surface area (Å²) >= 11 is 0. The van der Waals surface area contributed by atoms with Crippen molar-refractivity contribution in [2.24, 2.45) is 0 Å². The smallest absolute Gasteiger partial charge is 0.119 e. The van der Waals surface area contributed by atoms with E-state index in [2.05, 4.69) is 12.2 Å². The molecular formula is C15H25NO3. The fourth-order valence-electron chi connectivity index (χ4n) is 2.08. The van der Waals surface area contributed by atoms with E-state index in [0.717, 1.165) is 30.6 Å². The molecule has 1 aromatic carbocycles. The van der Waals surface area contributed by atoms with Gasteiger partial charge in [0.1, 0.15) is 5.75 Å². The number of hydrogen-bond acceptors (Lipinski definition) is 4. The van der Waals surface area contributed by atoms with Gasteiger partial charge in [-0.3, -0.25) is 0 Å². The Labute approximate surface area is 115 Å². The minimum absolute atomic E-state index is 0.0282. The van der Waals surface area contributed by atoms with Gasteiger partial charge in [0.2, 0.25) is 0 Å². The lowest BCUT2D eigenvalue weighted by Crippen LogP contribution is -2.46. The van der Waals surface area contributed by atoms with E-state index in [0.29, 0.717) is 6.61 Å². The number of nitrogens with one attached hydrogen (secondary N) is 1. The SMILES string of the molecule is CCC(CO)(CCCOc1cccc(CO)c1)NC. The maximum absolute atomic E-state index is 9.43. The Bertz CT molecular complexity index is 356. The second-order valence-electron chi connectivity index (χ2n) is 4.80. The Balaban J connectivity index is 2.37. The molecular weight excluding hydrogens is 242 g/mol. The molecule has 0 spiro atoms. The third-order valence-corrected chi connectivity index (χ3v) is 3.66. The summed E-state index contributed by atoms with van der Waals surface area (Å²) < 4.78 is 5.66. The maximum Gasteiger partial charge on any atom is 0.119 e. The monoisotopic (exact) mass is 267 g/mol. The quantitative estimate of drug-likeness (QED) is 0.596. The van der Waals surface area contributed by atoms with Crippen molar-refractivity contribution in [1.29, 1.82) is 0 Å². The van der Waals surface area contributed by atoms with Crippen LogP contribution in [-0.4, -0.2) is 36.0 Å². The summed E-state index contributed by atoms with van der Waals surface area (Å²) in [6.07, 6.45) is 2.63. The van der Waals surface area contributed by atoms with Gasteiger partial charge in [-0.05, 0) is 44.0 Å². The van der Waals surface area contributed by atoms with Crippen molar-refractivity contribution in [2.75, 3.05) is 20.3 Å². The first-order valence-electron chi connectivity index (χ1n) is 6.82. The molecule has 0 fully saturated rings. The van der Waals surface area contributed by atoms with E-state index in [-0.39, 0.29) is 18.8 Å². The maximum atomic E-state index is 9.43. The van der Waals surface area contributed by atoms with Gasteiger partial charge in [-0.2, -0.15) is 0 Å². The topological polar surface area (TPSA) is 61.7 Å². The van der Waals surface area contributed by atoms with Gasteiger partial charge in [-0.1, -0.05) is 19.1 Å². The summed E-state index contributed by atoms with van der Waals surface area (Å²) in [7, 11) is 1.88. The van der Waals surface area contributed by atoms with Gasteiger partial charge in [0.05, 0.1) is 19.8 Å². The van der Waals surface area contributed by atoms with E-state index in [1.165, 1.54) is 0 Å². The summed E-state index contributed by atoms with van der Waals surface area (Å²) in [6, 6.07) is 7.47. The predicted molar refractivity (Wildman–Crippen MR) is 76.3 cm³/mol. The zero-order valence-corrected chi connectivity index (χ0v) is 11.9. The molecule has 0 radical (unpaired) electrons. The van der Waals surface area contributed by atoms with E-state index < -0.39 is 0 Å². The van der Waals surface area contributed by atoms with Gasteiger partial charge in [-0.15, -0.1) is 0 Å². The fourth-order valence-corrected chi connectivity index (χ4v) is 2.08. The standard InChI is InChI=1S/C15H25NO3/c1-3-15(12-18,16-2)8-5-9-19-14-7-4-6-13(10-14)11-17/h4,6-7,10,16-18H,3,5,8-9,11-12H2,1-2H3. The van der Waals surface area contributed by atoms with Crippen molar-refractivity contribution in [1.82, 2.24) is 5.32 Å². The summed E-state index contributed by atoms with van der Waals surface area (Å²) in [5.41, 5.74) is 0.655. The zero-order valence-electron chi connectivity index (χ0n) is 11.9. The fraction of sp³-hybridized carbons (Fsp3) is 0.600. The van der Waals surface area contributed by atoms with Crippen molar-refractivity contribution in [3.63, 3.8) is 0 Å². The molecule has 0 amide bonds. The van der Waals surface area contributed by atoms with Crippen LogP contribution in [0.15, 0.2) is 24.3 Å². The Morgan fingerprint density at radius 3 is 2.68 bits per heavy atom. The molecule has 4 heteroatoms. The largest absolute Gasteiger partial charge is 0.494 e. The van der Waals surface area contributed by atoms with E-state index >= 15 is 0 Å². The van der Waals surface area contributed by atoms with Crippen LogP contribution < -0.4 is 10.1 Å². The zero-order chi connectivity index (χ0) is 14.1. The van der Waals surface area contributed by atoms with Crippen LogP contribution in [0.5, 0.6) is 5.75 Å². The number of aliphatic hydroxyl groups excluding tert-OH is 2. The molecule has 1 aromatic rings. The van der Waals surface area contributed by atoms with E-state index in [1.54, 1.807) is 0 Å². The summed E-state index contributed by atoms with van der Waals surface area (Å²) in [6.45, 7) is 2.84. The highest BCUT2D eigenvalue weighted by Crippen LogP contribution is 2.18. The number of hydrogen-bond donors (Lipinski definition) is 3. The second-order valence-corrected chi connectivity index (χ2v) is 4.80. The van der Waals surface area contributed by atoms with E-state index in [4.69, 9.17) is 9.84 Å². The Morgan fingerprint density at radius 2 is 2.11 bits per heavy atom. The molecule has 0 heterocycles. The molecule has 0 aliphatic heterocycles. The molecule has 0 aliphatic carbocycles. The van der Waals surface area contributed by atoms with Crippen molar-refractivity contribution in [3.05, 3.63) is 29.8 Å².